The minimum Gasteiger partial charge on any atom is -0.383 e. The predicted molar refractivity (Wildman–Crippen MR) is 101 cm³/mol. The zero-order valence-electron chi connectivity index (χ0n) is 13.9. The van der Waals surface area contributed by atoms with Gasteiger partial charge < -0.3 is 15.4 Å². The standard InChI is InChI=1S/C16H26FN3O.HI/c1-12(10-21-5)20-15(18-4)19-11-16(2,3)13-8-6-7-9-14(13)17;/h6-9,12H,10-11H2,1-5H3,(H2,18,19,20);1H. The van der Waals surface area contributed by atoms with E-state index in [1.165, 1.54) is 6.07 Å². The Kier molecular flexibility index (Phi) is 9.59. The molecule has 1 aromatic rings. The van der Waals surface area contributed by atoms with Crippen molar-refractivity contribution in [3.63, 3.8) is 0 Å². The Morgan fingerprint density at radius 2 is 2.00 bits per heavy atom. The summed E-state index contributed by atoms with van der Waals surface area (Å²) in [5.74, 6) is 0.504. The predicted octanol–water partition coefficient (Wildman–Crippen LogP) is 2.92. The molecular formula is C16H27FIN3O. The number of aliphatic imine (C=N–C) groups is 1. The molecule has 1 aromatic carbocycles. The minimum absolute atomic E-state index is 0. The number of hydrogen-bond donors (Lipinski definition) is 2. The second-order valence-electron chi connectivity index (χ2n) is 5.79. The number of rotatable bonds is 6. The molecular weight excluding hydrogens is 396 g/mol. The first-order valence-corrected chi connectivity index (χ1v) is 7.12. The highest BCUT2D eigenvalue weighted by atomic mass is 127. The molecule has 1 rings (SSSR count). The fourth-order valence-electron chi connectivity index (χ4n) is 2.13. The summed E-state index contributed by atoms with van der Waals surface area (Å²) in [5.41, 5.74) is 0.353. The van der Waals surface area contributed by atoms with Gasteiger partial charge in [0.05, 0.1) is 6.61 Å². The van der Waals surface area contributed by atoms with Crippen LogP contribution in [-0.2, 0) is 10.2 Å². The maximum absolute atomic E-state index is 13.9. The summed E-state index contributed by atoms with van der Waals surface area (Å²) in [6.45, 7) is 7.19. The number of guanidine groups is 1. The third kappa shape index (κ3) is 6.48. The Morgan fingerprint density at radius 1 is 1.36 bits per heavy atom. The highest BCUT2D eigenvalue weighted by Crippen LogP contribution is 2.24. The molecule has 4 nitrogen and oxygen atoms in total. The van der Waals surface area contributed by atoms with Crippen LogP contribution in [0.25, 0.3) is 0 Å². The quantitative estimate of drug-likeness (QED) is 0.420. The highest BCUT2D eigenvalue weighted by molar-refractivity contribution is 14.0. The Bertz CT molecular complexity index is 480. The molecule has 1 unspecified atom stereocenters. The van der Waals surface area contributed by atoms with E-state index in [2.05, 4.69) is 15.6 Å². The molecule has 0 heterocycles. The van der Waals surface area contributed by atoms with E-state index >= 15 is 0 Å². The van der Waals surface area contributed by atoms with Crippen LogP contribution in [0.3, 0.4) is 0 Å². The van der Waals surface area contributed by atoms with Crippen molar-refractivity contribution >= 4 is 29.9 Å². The molecule has 0 aliphatic carbocycles. The molecule has 22 heavy (non-hydrogen) atoms. The van der Waals surface area contributed by atoms with Crippen molar-refractivity contribution in [3.8, 4) is 0 Å². The van der Waals surface area contributed by atoms with Crippen LogP contribution >= 0.6 is 24.0 Å². The first-order chi connectivity index (χ1) is 9.90. The van der Waals surface area contributed by atoms with E-state index in [-0.39, 0.29) is 41.3 Å². The second-order valence-corrected chi connectivity index (χ2v) is 5.79. The Morgan fingerprint density at radius 3 is 2.55 bits per heavy atom. The summed E-state index contributed by atoms with van der Waals surface area (Å²) in [4.78, 5) is 4.17. The SMILES string of the molecule is CN=C(NCC(C)(C)c1ccccc1F)NC(C)COC.I. The molecule has 1 atom stereocenters. The molecule has 0 aromatic heterocycles. The molecule has 126 valence electrons. The van der Waals surface area contributed by atoms with E-state index in [1.807, 2.05) is 32.9 Å². The molecule has 0 amide bonds. The number of halogens is 2. The number of nitrogens with one attached hydrogen (secondary N) is 2. The molecule has 0 saturated heterocycles. The first-order valence-electron chi connectivity index (χ1n) is 7.12. The first kappa shape index (κ1) is 21.1. The molecule has 0 saturated carbocycles. The molecule has 0 fully saturated rings. The Balaban J connectivity index is 0.00000441. The van der Waals surface area contributed by atoms with Gasteiger partial charge in [0.1, 0.15) is 5.82 Å². The van der Waals surface area contributed by atoms with Crippen LogP contribution in [0, 0.1) is 5.82 Å². The number of nitrogens with zero attached hydrogens (tertiary/aromatic N) is 1. The minimum atomic E-state index is -0.340. The number of benzene rings is 1. The van der Waals surface area contributed by atoms with E-state index in [0.29, 0.717) is 24.7 Å². The van der Waals surface area contributed by atoms with Gasteiger partial charge in [0, 0.05) is 32.2 Å². The largest absolute Gasteiger partial charge is 0.383 e. The third-order valence-corrected chi connectivity index (χ3v) is 3.32. The molecule has 0 bridgehead atoms. The summed E-state index contributed by atoms with van der Waals surface area (Å²) in [6.07, 6.45) is 0. The van der Waals surface area contributed by atoms with Gasteiger partial charge in [0.2, 0.25) is 0 Å². The number of ether oxygens (including phenoxy) is 1. The maximum Gasteiger partial charge on any atom is 0.191 e. The fourth-order valence-corrected chi connectivity index (χ4v) is 2.13. The van der Waals surface area contributed by atoms with Gasteiger partial charge in [-0.15, -0.1) is 24.0 Å². The van der Waals surface area contributed by atoms with Gasteiger partial charge in [-0.1, -0.05) is 32.0 Å². The summed E-state index contributed by atoms with van der Waals surface area (Å²) in [7, 11) is 3.38. The van der Waals surface area contributed by atoms with Gasteiger partial charge in [-0.05, 0) is 18.6 Å². The number of hydrogen-bond acceptors (Lipinski definition) is 2. The van der Waals surface area contributed by atoms with Crippen molar-refractivity contribution in [1.29, 1.82) is 0 Å². The summed E-state index contributed by atoms with van der Waals surface area (Å²) in [5, 5.41) is 6.47. The average Bonchev–Trinajstić information content (AvgIpc) is 2.44. The van der Waals surface area contributed by atoms with Gasteiger partial charge in [-0.2, -0.15) is 0 Å². The van der Waals surface area contributed by atoms with Crippen LogP contribution in [0.4, 0.5) is 4.39 Å². The topological polar surface area (TPSA) is 45.7 Å². The van der Waals surface area contributed by atoms with E-state index in [1.54, 1.807) is 20.2 Å². The zero-order valence-corrected chi connectivity index (χ0v) is 16.3. The Labute approximate surface area is 149 Å². The van der Waals surface area contributed by atoms with E-state index in [9.17, 15) is 4.39 Å². The van der Waals surface area contributed by atoms with Crippen molar-refractivity contribution in [3.05, 3.63) is 35.6 Å². The molecule has 0 spiro atoms. The molecule has 2 N–H and O–H groups in total. The van der Waals surface area contributed by atoms with Gasteiger partial charge in [0.25, 0.3) is 0 Å². The smallest absolute Gasteiger partial charge is 0.191 e. The van der Waals surface area contributed by atoms with Gasteiger partial charge in [0.15, 0.2) is 5.96 Å². The lowest BCUT2D eigenvalue weighted by Gasteiger charge is -2.27. The van der Waals surface area contributed by atoms with Crippen LogP contribution < -0.4 is 10.6 Å². The Hall–Kier alpha value is -0.890. The lowest BCUT2D eigenvalue weighted by atomic mass is 9.84. The van der Waals surface area contributed by atoms with Crippen LogP contribution in [0.15, 0.2) is 29.3 Å². The normalized spacial score (nSPS) is 13.3. The van der Waals surface area contributed by atoms with Crippen LogP contribution in [-0.4, -0.2) is 39.3 Å². The average molecular weight is 423 g/mol. The highest BCUT2D eigenvalue weighted by Gasteiger charge is 2.24. The van der Waals surface area contributed by atoms with Crippen LogP contribution in [0.2, 0.25) is 0 Å². The van der Waals surface area contributed by atoms with E-state index in [4.69, 9.17) is 4.74 Å². The lowest BCUT2D eigenvalue weighted by molar-refractivity contribution is 0.179. The van der Waals surface area contributed by atoms with E-state index in [0.717, 1.165) is 0 Å². The number of methoxy groups -OCH3 is 1. The lowest BCUT2D eigenvalue weighted by Crippen LogP contribution is -2.47. The fraction of sp³-hybridized carbons (Fsp3) is 0.562. The van der Waals surface area contributed by atoms with Gasteiger partial charge >= 0.3 is 0 Å². The third-order valence-electron chi connectivity index (χ3n) is 3.32. The van der Waals surface area contributed by atoms with Crippen molar-refractivity contribution < 1.29 is 9.13 Å². The molecule has 0 aliphatic heterocycles. The van der Waals surface area contributed by atoms with Crippen molar-refractivity contribution in [2.24, 2.45) is 4.99 Å². The molecule has 0 radical (unpaired) electrons. The summed E-state index contributed by atoms with van der Waals surface area (Å²) in [6, 6.07) is 7.02. The summed E-state index contributed by atoms with van der Waals surface area (Å²) < 4.78 is 19.0. The van der Waals surface area contributed by atoms with Crippen molar-refractivity contribution in [2.45, 2.75) is 32.2 Å². The maximum atomic E-state index is 13.9. The van der Waals surface area contributed by atoms with E-state index < -0.39 is 0 Å². The van der Waals surface area contributed by atoms with Crippen molar-refractivity contribution in [2.75, 3.05) is 27.3 Å². The molecule has 0 aliphatic rings. The van der Waals surface area contributed by atoms with Gasteiger partial charge in [-0.3, -0.25) is 4.99 Å². The zero-order chi connectivity index (χ0) is 15.9. The second kappa shape index (κ2) is 9.99. The monoisotopic (exact) mass is 423 g/mol. The van der Waals surface area contributed by atoms with Crippen molar-refractivity contribution in [1.82, 2.24) is 10.6 Å². The van der Waals surface area contributed by atoms with Crippen LogP contribution in [0.5, 0.6) is 0 Å². The van der Waals surface area contributed by atoms with Gasteiger partial charge in [-0.25, -0.2) is 4.39 Å². The molecule has 6 heteroatoms. The summed E-state index contributed by atoms with van der Waals surface area (Å²) >= 11 is 0. The van der Waals surface area contributed by atoms with Crippen LogP contribution in [0.1, 0.15) is 26.3 Å².